The van der Waals surface area contributed by atoms with E-state index in [1.54, 1.807) is 24.3 Å². The van der Waals surface area contributed by atoms with Crippen LogP contribution in [0.3, 0.4) is 0 Å². The normalized spacial score (nSPS) is 9.36. The molecule has 0 atom stereocenters. The number of carboxylic acid groups (broad SMARTS) is 1. The highest BCUT2D eigenvalue weighted by molar-refractivity contribution is 5.68. The van der Waals surface area contributed by atoms with Crippen LogP contribution in [0.15, 0.2) is 24.3 Å². The van der Waals surface area contributed by atoms with E-state index < -0.39 is 5.97 Å². The Hall–Kier alpha value is -1.86. The Balaban J connectivity index is 2.59. The number of nitrogens with zero attached hydrogens (tertiary/aromatic N) is 1. The molecule has 14 heavy (non-hydrogen) atoms. The molecule has 1 aromatic rings. The minimum absolute atomic E-state index is 0.149. The second-order valence-electron chi connectivity index (χ2n) is 2.66. The average Bonchev–Trinajstić information content (AvgIpc) is 2.18. The van der Waals surface area contributed by atoms with Crippen molar-refractivity contribution in [3.05, 3.63) is 35.4 Å². The van der Waals surface area contributed by atoms with Crippen LogP contribution in [-0.4, -0.2) is 17.7 Å². The van der Waals surface area contributed by atoms with Gasteiger partial charge in [0.2, 0.25) is 0 Å². The molecular formula is C10H9NO3. The molecule has 1 aromatic carbocycles. The van der Waals surface area contributed by atoms with Gasteiger partial charge in [0.15, 0.2) is 0 Å². The molecule has 1 rings (SSSR count). The molecule has 0 aromatic heterocycles. The van der Waals surface area contributed by atoms with Gasteiger partial charge in [-0.25, -0.2) is 4.79 Å². The quantitative estimate of drug-likeness (QED) is 0.775. The van der Waals surface area contributed by atoms with Gasteiger partial charge in [-0.3, -0.25) is 0 Å². The summed E-state index contributed by atoms with van der Waals surface area (Å²) in [4.78, 5) is 10.2. The lowest BCUT2D eigenvalue weighted by molar-refractivity contribution is -0.142. The summed E-state index contributed by atoms with van der Waals surface area (Å²) in [5.74, 6) is -1.01. The lowest BCUT2D eigenvalue weighted by atomic mass is 10.1. The Morgan fingerprint density at radius 2 is 2.21 bits per heavy atom. The predicted octanol–water partition coefficient (Wildman–Crippen LogP) is 1.16. The van der Waals surface area contributed by atoms with Crippen LogP contribution < -0.4 is 0 Å². The molecule has 4 heteroatoms. The first-order chi connectivity index (χ1) is 6.74. The number of ether oxygens (including phenoxy) is 1. The van der Waals surface area contributed by atoms with Crippen LogP contribution in [0.4, 0.5) is 0 Å². The highest BCUT2D eigenvalue weighted by atomic mass is 16.5. The molecular weight excluding hydrogens is 182 g/mol. The first-order valence-electron chi connectivity index (χ1n) is 4.01. The van der Waals surface area contributed by atoms with Crippen molar-refractivity contribution < 1.29 is 14.6 Å². The number of carbonyl (C=O) groups is 1. The third-order valence-corrected chi connectivity index (χ3v) is 1.62. The van der Waals surface area contributed by atoms with E-state index in [1.165, 1.54) is 0 Å². The predicted molar refractivity (Wildman–Crippen MR) is 48.4 cm³/mol. The topological polar surface area (TPSA) is 70.3 Å². The second-order valence-corrected chi connectivity index (χ2v) is 2.66. The first-order valence-corrected chi connectivity index (χ1v) is 4.01. The van der Waals surface area contributed by atoms with Crippen molar-refractivity contribution in [1.82, 2.24) is 0 Å². The van der Waals surface area contributed by atoms with Crippen LogP contribution in [0, 0.1) is 11.3 Å². The van der Waals surface area contributed by atoms with Crippen LogP contribution in [-0.2, 0) is 16.1 Å². The lowest BCUT2D eigenvalue weighted by Crippen LogP contribution is -2.07. The van der Waals surface area contributed by atoms with Crippen LogP contribution >= 0.6 is 0 Å². The van der Waals surface area contributed by atoms with Gasteiger partial charge in [0.25, 0.3) is 0 Å². The standard InChI is InChI=1S/C10H9NO3/c11-5-8-3-1-2-4-9(8)6-14-7-10(12)13/h1-4H,6-7H2,(H,12,13). The van der Waals surface area contributed by atoms with Crippen molar-refractivity contribution in [3.63, 3.8) is 0 Å². The molecule has 1 N–H and O–H groups in total. The van der Waals surface area contributed by atoms with Crippen molar-refractivity contribution in [2.45, 2.75) is 6.61 Å². The van der Waals surface area contributed by atoms with Crippen LogP contribution in [0.5, 0.6) is 0 Å². The zero-order valence-corrected chi connectivity index (χ0v) is 7.43. The summed E-state index contributed by atoms with van der Waals surface area (Å²) in [6.07, 6.45) is 0. The van der Waals surface area contributed by atoms with E-state index in [1.807, 2.05) is 6.07 Å². The van der Waals surface area contributed by atoms with E-state index in [-0.39, 0.29) is 13.2 Å². The monoisotopic (exact) mass is 191 g/mol. The summed E-state index contributed by atoms with van der Waals surface area (Å²) in [6.45, 7) is -0.199. The van der Waals surface area contributed by atoms with E-state index in [2.05, 4.69) is 0 Å². The van der Waals surface area contributed by atoms with E-state index in [9.17, 15) is 4.79 Å². The van der Waals surface area contributed by atoms with Crippen molar-refractivity contribution in [1.29, 1.82) is 5.26 Å². The molecule has 0 aliphatic carbocycles. The molecule has 4 nitrogen and oxygen atoms in total. The van der Waals surface area contributed by atoms with Gasteiger partial charge >= 0.3 is 5.97 Å². The Morgan fingerprint density at radius 1 is 1.50 bits per heavy atom. The average molecular weight is 191 g/mol. The second kappa shape index (κ2) is 5.00. The van der Waals surface area contributed by atoms with Crippen molar-refractivity contribution in [3.8, 4) is 6.07 Å². The maximum atomic E-state index is 10.2. The molecule has 0 aliphatic rings. The number of hydrogen-bond donors (Lipinski definition) is 1. The smallest absolute Gasteiger partial charge is 0.329 e. The molecule has 0 bridgehead atoms. The molecule has 0 saturated carbocycles. The number of aliphatic carboxylic acids is 1. The molecule has 0 unspecified atom stereocenters. The molecule has 0 radical (unpaired) electrons. The third kappa shape index (κ3) is 2.88. The number of carboxylic acids is 1. The highest BCUT2D eigenvalue weighted by Gasteiger charge is 2.02. The van der Waals surface area contributed by atoms with E-state index >= 15 is 0 Å². The SMILES string of the molecule is N#Cc1ccccc1COCC(=O)O. The zero-order valence-electron chi connectivity index (χ0n) is 7.43. The largest absolute Gasteiger partial charge is 0.480 e. The summed E-state index contributed by atoms with van der Waals surface area (Å²) in [6, 6.07) is 8.94. The fraction of sp³-hybridized carbons (Fsp3) is 0.200. The summed E-state index contributed by atoms with van der Waals surface area (Å²) < 4.78 is 4.87. The van der Waals surface area contributed by atoms with Crippen LogP contribution in [0.2, 0.25) is 0 Å². The fourth-order valence-electron chi connectivity index (χ4n) is 1.00. The Kier molecular flexibility index (Phi) is 3.65. The van der Waals surface area contributed by atoms with E-state index in [0.29, 0.717) is 11.1 Å². The Bertz CT molecular complexity index is 368. The first kappa shape index (κ1) is 10.2. The highest BCUT2D eigenvalue weighted by Crippen LogP contribution is 2.08. The van der Waals surface area contributed by atoms with Gasteiger partial charge in [-0.15, -0.1) is 0 Å². The maximum Gasteiger partial charge on any atom is 0.329 e. The summed E-state index contributed by atoms with van der Waals surface area (Å²) >= 11 is 0. The van der Waals surface area contributed by atoms with Gasteiger partial charge in [-0.1, -0.05) is 18.2 Å². The van der Waals surface area contributed by atoms with Crippen molar-refractivity contribution in [2.75, 3.05) is 6.61 Å². The number of benzene rings is 1. The summed E-state index contributed by atoms with van der Waals surface area (Å²) in [5, 5.41) is 17.0. The Morgan fingerprint density at radius 3 is 2.86 bits per heavy atom. The number of nitriles is 1. The number of rotatable bonds is 4. The molecule has 0 spiro atoms. The van der Waals surface area contributed by atoms with Crippen molar-refractivity contribution >= 4 is 5.97 Å². The summed E-state index contributed by atoms with van der Waals surface area (Å²) in [7, 11) is 0. The van der Waals surface area contributed by atoms with E-state index in [0.717, 1.165) is 0 Å². The molecule has 0 heterocycles. The van der Waals surface area contributed by atoms with Gasteiger partial charge in [0, 0.05) is 0 Å². The van der Waals surface area contributed by atoms with Gasteiger partial charge in [0.1, 0.15) is 6.61 Å². The fourth-order valence-corrected chi connectivity index (χ4v) is 1.00. The minimum Gasteiger partial charge on any atom is -0.480 e. The van der Waals surface area contributed by atoms with Gasteiger partial charge < -0.3 is 9.84 Å². The van der Waals surface area contributed by atoms with Gasteiger partial charge in [-0.05, 0) is 11.6 Å². The maximum absolute atomic E-state index is 10.2. The number of hydrogen-bond acceptors (Lipinski definition) is 3. The van der Waals surface area contributed by atoms with Gasteiger partial charge in [0.05, 0.1) is 18.2 Å². The van der Waals surface area contributed by atoms with Crippen LogP contribution in [0.1, 0.15) is 11.1 Å². The molecule has 0 fully saturated rings. The molecule has 0 amide bonds. The Labute approximate surface area is 81.4 Å². The van der Waals surface area contributed by atoms with Crippen molar-refractivity contribution in [2.24, 2.45) is 0 Å². The minimum atomic E-state index is -1.01. The molecule has 0 saturated heterocycles. The molecule has 72 valence electrons. The van der Waals surface area contributed by atoms with Gasteiger partial charge in [-0.2, -0.15) is 5.26 Å². The lowest BCUT2D eigenvalue weighted by Gasteiger charge is -2.02. The summed E-state index contributed by atoms with van der Waals surface area (Å²) in [5.41, 5.74) is 1.22. The van der Waals surface area contributed by atoms with E-state index in [4.69, 9.17) is 15.1 Å². The molecule has 0 aliphatic heterocycles. The van der Waals surface area contributed by atoms with Crippen LogP contribution in [0.25, 0.3) is 0 Å². The third-order valence-electron chi connectivity index (χ3n) is 1.62. The zero-order chi connectivity index (χ0) is 10.4.